The first-order valence-corrected chi connectivity index (χ1v) is 3.04. The summed E-state index contributed by atoms with van der Waals surface area (Å²) in [6, 6.07) is 0. The molecule has 44 valence electrons. The van der Waals surface area contributed by atoms with Gasteiger partial charge in [-0.15, -0.1) is 0 Å². The van der Waals surface area contributed by atoms with Crippen molar-refractivity contribution in [2.45, 2.75) is 18.7 Å². The van der Waals surface area contributed by atoms with Crippen LogP contribution in [0.5, 0.6) is 0 Å². The quantitative estimate of drug-likeness (QED) is 0.422. The molecule has 0 radical (unpaired) electrons. The van der Waals surface area contributed by atoms with Crippen LogP contribution < -0.4 is 0 Å². The highest BCUT2D eigenvalue weighted by atomic mass is 32.1. The average molecular weight is 119 g/mol. The topological polar surface area (TPSA) is 3.24 Å². The van der Waals surface area contributed by atoms with Gasteiger partial charge in [0.05, 0.1) is 5.37 Å². The molecule has 0 rings (SSSR count). The molecule has 0 saturated heterocycles. The first kappa shape index (κ1) is 7.31. The Balaban J connectivity index is 3.14. The number of rotatable bonds is 2. The van der Waals surface area contributed by atoms with Gasteiger partial charge in [0, 0.05) is 0 Å². The second-order valence-corrected chi connectivity index (χ2v) is 2.45. The molecule has 0 saturated carbocycles. The number of thiol groups is 1. The van der Waals surface area contributed by atoms with E-state index in [1.54, 1.807) is 0 Å². The number of hydrogen-bond donors (Lipinski definition) is 1. The summed E-state index contributed by atoms with van der Waals surface area (Å²) >= 11 is 4.25. The van der Waals surface area contributed by atoms with Crippen molar-refractivity contribution < 1.29 is 0 Å². The zero-order valence-corrected chi connectivity index (χ0v) is 6.07. The molecule has 0 aliphatic carbocycles. The summed E-state index contributed by atoms with van der Waals surface area (Å²) in [5.41, 5.74) is 0. The second-order valence-electron chi connectivity index (χ2n) is 1.85. The Morgan fingerprint density at radius 3 is 2.00 bits per heavy atom. The van der Waals surface area contributed by atoms with Gasteiger partial charge in [0.2, 0.25) is 0 Å². The van der Waals surface area contributed by atoms with E-state index in [-0.39, 0.29) is 0 Å². The van der Waals surface area contributed by atoms with Crippen LogP contribution in [0.4, 0.5) is 0 Å². The normalized spacial score (nSPS) is 15.0. The highest BCUT2D eigenvalue weighted by Crippen LogP contribution is 2.00. The van der Waals surface area contributed by atoms with Gasteiger partial charge < -0.3 is 0 Å². The van der Waals surface area contributed by atoms with Gasteiger partial charge >= 0.3 is 0 Å². The molecule has 0 aliphatic rings. The van der Waals surface area contributed by atoms with Crippen molar-refractivity contribution in [3.05, 3.63) is 0 Å². The van der Waals surface area contributed by atoms with Crippen molar-refractivity contribution in [2.24, 2.45) is 0 Å². The molecule has 7 heavy (non-hydrogen) atoms. The van der Waals surface area contributed by atoms with Gasteiger partial charge in [-0.1, -0.05) is 6.92 Å². The molecular formula is C5H13NS. The van der Waals surface area contributed by atoms with Crippen LogP contribution in [0.2, 0.25) is 0 Å². The van der Waals surface area contributed by atoms with Crippen molar-refractivity contribution in [1.82, 2.24) is 4.90 Å². The summed E-state index contributed by atoms with van der Waals surface area (Å²) in [6.45, 7) is 2.12. The maximum absolute atomic E-state index is 4.25. The third-order valence-corrected chi connectivity index (χ3v) is 1.79. The second kappa shape index (κ2) is 3.33. The lowest BCUT2D eigenvalue weighted by molar-refractivity contribution is 0.378. The number of hydrogen-bond acceptors (Lipinski definition) is 2. The van der Waals surface area contributed by atoms with Gasteiger partial charge in [-0.3, -0.25) is 4.90 Å². The molecule has 1 nitrogen and oxygen atoms in total. The monoisotopic (exact) mass is 119 g/mol. The standard InChI is InChI=1S/C5H13NS/c1-4-5(7)6(2)3/h5,7H,4H2,1-3H3. The summed E-state index contributed by atoms with van der Waals surface area (Å²) in [4.78, 5) is 2.09. The minimum Gasteiger partial charge on any atom is -0.298 e. The van der Waals surface area contributed by atoms with Gasteiger partial charge in [-0.25, -0.2) is 0 Å². The molecule has 0 fully saturated rings. The molecule has 1 unspecified atom stereocenters. The molecular weight excluding hydrogens is 106 g/mol. The minimum atomic E-state index is 0.431. The lowest BCUT2D eigenvalue weighted by atomic mass is 10.4. The first-order valence-electron chi connectivity index (χ1n) is 2.53. The van der Waals surface area contributed by atoms with E-state index in [2.05, 4.69) is 24.5 Å². The molecule has 0 amide bonds. The Kier molecular flexibility index (Phi) is 3.48. The summed E-state index contributed by atoms with van der Waals surface area (Å²) in [5.74, 6) is 0. The van der Waals surface area contributed by atoms with E-state index in [0.29, 0.717) is 5.37 Å². The Morgan fingerprint density at radius 1 is 1.57 bits per heavy atom. The molecule has 0 aromatic heterocycles. The molecule has 0 spiro atoms. The molecule has 0 bridgehead atoms. The van der Waals surface area contributed by atoms with Crippen molar-refractivity contribution in [2.75, 3.05) is 14.1 Å². The van der Waals surface area contributed by atoms with Crippen LogP contribution >= 0.6 is 12.6 Å². The van der Waals surface area contributed by atoms with Crippen molar-refractivity contribution in [3.8, 4) is 0 Å². The van der Waals surface area contributed by atoms with Gasteiger partial charge in [0.1, 0.15) is 0 Å². The van der Waals surface area contributed by atoms with Gasteiger partial charge in [-0.05, 0) is 20.5 Å². The summed E-state index contributed by atoms with van der Waals surface area (Å²) < 4.78 is 0. The SMILES string of the molecule is CCC(S)N(C)C. The van der Waals surface area contributed by atoms with E-state index in [0.717, 1.165) is 6.42 Å². The van der Waals surface area contributed by atoms with E-state index < -0.39 is 0 Å². The maximum atomic E-state index is 4.25. The third kappa shape index (κ3) is 2.94. The summed E-state index contributed by atoms with van der Waals surface area (Å²) in [7, 11) is 4.06. The van der Waals surface area contributed by atoms with Crippen molar-refractivity contribution >= 4 is 12.6 Å². The summed E-state index contributed by atoms with van der Waals surface area (Å²) in [5, 5.41) is 0.431. The Morgan fingerprint density at radius 2 is 2.00 bits per heavy atom. The minimum absolute atomic E-state index is 0.431. The molecule has 0 heterocycles. The van der Waals surface area contributed by atoms with Crippen LogP contribution in [-0.4, -0.2) is 24.4 Å². The van der Waals surface area contributed by atoms with E-state index in [4.69, 9.17) is 0 Å². The van der Waals surface area contributed by atoms with Crippen LogP contribution in [0.15, 0.2) is 0 Å². The molecule has 0 N–H and O–H groups in total. The predicted octanol–water partition coefficient (Wildman–Crippen LogP) is 1.21. The summed E-state index contributed by atoms with van der Waals surface area (Å²) in [6.07, 6.45) is 1.11. The lowest BCUT2D eigenvalue weighted by Gasteiger charge is -2.15. The predicted molar refractivity (Wildman–Crippen MR) is 36.8 cm³/mol. The van der Waals surface area contributed by atoms with Crippen LogP contribution in [0.1, 0.15) is 13.3 Å². The van der Waals surface area contributed by atoms with Crippen LogP contribution in [0.25, 0.3) is 0 Å². The Bertz CT molecular complexity index is 45.3. The molecule has 0 aromatic rings. The largest absolute Gasteiger partial charge is 0.298 e. The van der Waals surface area contributed by atoms with Crippen molar-refractivity contribution in [3.63, 3.8) is 0 Å². The van der Waals surface area contributed by atoms with E-state index in [1.165, 1.54) is 0 Å². The van der Waals surface area contributed by atoms with Crippen LogP contribution in [0, 0.1) is 0 Å². The maximum Gasteiger partial charge on any atom is 0.0519 e. The van der Waals surface area contributed by atoms with Crippen LogP contribution in [-0.2, 0) is 0 Å². The zero-order valence-electron chi connectivity index (χ0n) is 5.18. The van der Waals surface area contributed by atoms with E-state index >= 15 is 0 Å². The van der Waals surface area contributed by atoms with E-state index in [9.17, 15) is 0 Å². The molecule has 1 atom stereocenters. The van der Waals surface area contributed by atoms with Crippen LogP contribution in [0.3, 0.4) is 0 Å². The van der Waals surface area contributed by atoms with E-state index in [1.807, 2.05) is 14.1 Å². The fraction of sp³-hybridized carbons (Fsp3) is 1.00. The highest BCUT2D eigenvalue weighted by Gasteiger charge is 1.98. The molecule has 0 aromatic carbocycles. The smallest absolute Gasteiger partial charge is 0.0519 e. The van der Waals surface area contributed by atoms with Gasteiger partial charge in [0.15, 0.2) is 0 Å². The van der Waals surface area contributed by atoms with Gasteiger partial charge in [0.25, 0.3) is 0 Å². The average Bonchev–Trinajstić information content (AvgIpc) is 1.65. The third-order valence-electron chi connectivity index (χ3n) is 0.961. The number of nitrogens with zero attached hydrogens (tertiary/aromatic N) is 1. The fourth-order valence-corrected chi connectivity index (χ4v) is 0.365. The zero-order chi connectivity index (χ0) is 5.86. The van der Waals surface area contributed by atoms with Gasteiger partial charge in [-0.2, -0.15) is 12.6 Å². The molecule has 2 heteroatoms. The Hall–Kier alpha value is 0.310. The fourth-order valence-electron chi connectivity index (χ4n) is 0.365. The highest BCUT2D eigenvalue weighted by molar-refractivity contribution is 7.80. The first-order chi connectivity index (χ1) is 3.18. The molecule has 0 aliphatic heterocycles. The lowest BCUT2D eigenvalue weighted by Crippen LogP contribution is -2.20. The Labute approximate surface area is 51.1 Å². The van der Waals surface area contributed by atoms with Crippen molar-refractivity contribution in [1.29, 1.82) is 0 Å².